The number of hydrogen-bond donors (Lipinski definition) is 0. The Morgan fingerprint density at radius 2 is 1.74 bits per heavy atom. The molecule has 7 nitrogen and oxygen atoms in total. The van der Waals surface area contributed by atoms with E-state index in [0.717, 1.165) is 5.56 Å². The number of carbonyl (C=O) groups excluding carboxylic acids is 2. The first-order valence-corrected chi connectivity index (χ1v) is 10.6. The molecule has 0 atom stereocenters. The number of benzene rings is 3. The van der Waals surface area contributed by atoms with Gasteiger partial charge in [-0.25, -0.2) is 4.79 Å². The molecule has 4 rings (SSSR count). The molecule has 7 heteroatoms. The van der Waals surface area contributed by atoms with Gasteiger partial charge >= 0.3 is 5.97 Å². The summed E-state index contributed by atoms with van der Waals surface area (Å²) < 4.78 is 27.5. The fraction of sp³-hybridized carbons (Fsp3) is 0.185. The second-order valence-corrected chi connectivity index (χ2v) is 7.52. The van der Waals surface area contributed by atoms with Crippen LogP contribution in [-0.4, -0.2) is 32.6 Å². The number of para-hydroxylation sites is 1. The lowest BCUT2D eigenvalue weighted by molar-refractivity contribution is -0.147. The zero-order valence-corrected chi connectivity index (χ0v) is 19.1. The fourth-order valence-electron chi connectivity index (χ4n) is 3.61. The van der Waals surface area contributed by atoms with Crippen molar-refractivity contribution in [3.8, 4) is 23.0 Å². The highest BCUT2D eigenvalue weighted by atomic mass is 16.6. The van der Waals surface area contributed by atoms with E-state index >= 15 is 0 Å². The van der Waals surface area contributed by atoms with Crippen molar-refractivity contribution in [1.82, 2.24) is 0 Å². The summed E-state index contributed by atoms with van der Waals surface area (Å²) in [6.45, 7) is 1.68. The molecule has 1 aliphatic heterocycles. The molecule has 0 fully saturated rings. The largest absolute Gasteiger partial charge is 0.493 e. The molecule has 0 unspecified atom stereocenters. The second-order valence-electron chi connectivity index (χ2n) is 7.52. The van der Waals surface area contributed by atoms with Gasteiger partial charge < -0.3 is 23.7 Å². The zero-order chi connectivity index (χ0) is 24.1. The Morgan fingerprint density at radius 1 is 0.941 bits per heavy atom. The lowest BCUT2D eigenvalue weighted by atomic mass is 10.1. The predicted molar refractivity (Wildman–Crippen MR) is 125 cm³/mol. The summed E-state index contributed by atoms with van der Waals surface area (Å²) in [4.78, 5) is 25.0. The lowest BCUT2D eigenvalue weighted by Crippen LogP contribution is -2.15. The molecular weight excluding hydrogens is 436 g/mol. The van der Waals surface area contributed by atoms with Gasteiger partial charge in [-0.2, -0.15) is 0 Å². The van der Waals surface area contributed by atoms with E-state index in [9.17, 15) is 9.59 Å². The van der Waals surface area contributed by atoms with E-state index in [1.165, 1.54) is 7.11 Å². The maximum Gasteiger partial charge on any atom is 0.344 e. The molecule has 3 aromatic carbocycles. The van der Waals surface area contributed by atoms with E-state index in [4.69, 9.17) is 23.7 Å². The molecule has 34 heavy (non-hydrogen) atoms. The number of allylic oxidation sites excluding steroid dienone is 1. The van der Waals surface area contributed by atoms with Crippen molar-refractivity contribution < 1.29 is 33.3 Å². The third-order valence-corrected chi connectivity index (χ3v) is 5.34. The topological polar surface area (TPSA) is 80.3 Å². The van der Waals surface area contributed by atoms with E-state index in [2.05, 4.69) is 0 Å². The quantitative estimate of drug-likeness (QED) is 0.354. The first-order valence-electron chi connectivity index (χ1n) is 10.6. The monoisotopic (exact) mass is 460 g/mol. The Hall–Kier alpha value is -4.26. The Bertz CT molecular complexity index is 1250. The van der Waals surface area contributed by atoms with Crippen LogP contribution in [0.2, 0.25) is 0 Å². The fourth-order valence-corrected chi connectivity index (χ4v) is 3.61. The van der Waals surface area contributed by atoms with E-state index in [1.807, 2.05) is 30.3 Å². The molecule has 0 saturated carbocycles. The van der Waals surface area contributed by atoms with E-state index in [0.29, 0.717) is 39.7 Å². The zero-order valence-electron chi connectivity index (χ0n) is 19.1. The van der Waals surface area contributed by atoms with Crippen LogP contribution in [0, 0.1) is 6.92 Å². The van der Waals surface area contributed by atoms with Crippen LogP contribution in [0.5, 0.6) is 23.0 Å². The average Bonchev–Trinajstić information content (AvgIpc) is 3.18. The van der Waals surface area contributed by atoms with Crippen molar-refractivity contribution in [1.29, 1.82) is 0 Å². The summed E-state index contributed by atoms with van der Waals surface area (Å²) in [6, 6.07) is 18.0. The molecule has 0 aliphatic carbocycles. The average molecular weight is 460 g/mol. The molecule has 3 aromatic rings. The number of fused-ring (bicyclic) bond motifs is 1. The summed E-state index contributed by atoms with van der Waals surface area (Å²) in [5.41, 5.74) is 2.57. The summed E-state index contributed by atoms with van der Waals surface area (Å²) in [7, 11) is 3.08. The third-order valence-electron chi connectivity index (χ3n) is 5.34. The molecule has 0 N–H and O–H groups in total. The normalized spacial score (nSPS) is 13.3. The van der Waals surface area contributed by atoms with Crippen LogP contribution in [0.3, 0.4) is 0 Å². The maximum atomic E-state index is 12.9. The van der Waals surface area contributed by atoms with Crippen molar-refractivity contribution in [2.75, 3.05) is 20.8 Å². The smallest absolute Gasteiger partial charge is 0.344 e. The minimum Gasteiger partial charge on any atom is -0.493 e. The van der Waals surface area contributed by atoms with Gasteiger partial charge in [0, 0.05) is 11.1 Å². The first-order chi connectivity index (χ1) is 16.5. The molecule has 0 saturated heterocycles. The van der Waals surface area contributed by atoms with Crippen LogP contribution in [0.15, 0.2) is 66.4 Å². The molecule has 1 aliphatic rings. The highest BCUT2D eigenvalue weighted by Crippen LogP contribution is 2.40. The minimum absolute atomic E-state index is 0.157. The van der Waals surface area contributed by atoms with Crippen LogP contribution < -0.4 is 18.9 Å². The van der Waals surface area contributed by atoms with Crippen molar-refractivity contribution in [3.05, 3.63) is 88.7 Å². The van der Waals surface area contributed by atoms with Crippen molar-refractivity contribution >= 4 is 17.8 Å². The van der Waals surface area contributed by atoms with Gasteiger partial charge in [0.15, 0.2) is 23.9 Å². The molecule has 0 amide bonds. The molecule has 0 bridgehead atoms. The van der Waals surface area contributed by atoms with Crippen molar-refractivity contribution in [2.45, 2.75) is 13.5 Å². The molecule has 1 heterocycles. The number of hydrogen-bond acceptors (Lipinski definition) is 7. The number of Topliss-reactive ketones (excluding diaryl/α,β-unsaturated/α-hetero) is 1. The second kappa shape index (κ2) is 10.1. The number of carbonyl (C=O) groups is 2. The highest BCUT2D eigenvalue weighted by Gasteiger charge is 2.30. The summed E-state index contributed by atoms with van der Waals surface area (Å²) in [5, 5.41) is 0. The maximum absolute atomic E-state index is 12.9. The summed E-state index contributed by atoms with van der Waals surface area (Å²) in [5.74, 6) is 1.29. The Morgan fingerprint density at radius 3 is 2.47 bits per heavy atom. The summed E-state index contributed by atoms with van der Waals surface area (Å²) >= 11 is 0. The van der Waals surface area contributed by atoms with Gasteiger partial charge in [-0.05, 0) is 36.8 Å². The lowest BCUT2D eigenvalue weighted by Gasteiger charge is -2.12. The minimum atomic E-state index is -0.494. The Balaban J connectivity index is 1.47. The molecule has 0 radical (unpaired) electrons. The van der Waals surface area contributed by atoms with Crippen LogP contribution in [0.1, 0.15) is 27.0 Å². The Kier molecular flexibility index (Phi) is 6.82. The molecule has 0 spiro atoms. The van der Waals surface area contributed by atoms with Gasteiger partial charge in [-0.1, -0.05) is 42.5 Å². The summed E-state index contributed by atoms with van der Waals surface area (Å²) in [6.07, 6.45) is 1.62. The van der Waals surface area contributed by atoms with Gasteiger partial charge in [-0.3, -0.25) is 4.79 Å². The van der Waals surface area contributed by atoms with Crippen LogP contribution in [0.4, 0.5) is 0 Å². The molecule has 174 valence electrons. The number of methoxy groups -OCH3 is 2. The number of esters is 1. The van der Waals surface area contributed by atoms with Crippen LogP contribution in [-0.2, 0) is 16.1 Å². The predicted octanol–water partition coefficient (Wildman–Crippen LogP) is 4.75. The Labute approximate surface area is 197 Å². The number of rotatable bonds is 8. The third kappa shape index (κ3) is 4.73. The van der Waals surface area contributed by atoms with E-state index < -0.39 is 5.97 Å². The molecule has 0 aromatic heterocycles. The van der Waals surface area contributed by atoms with Crippen molar-refractivity contribution in [2.24, 2.45) is 0 Å². The van der Waals surface area contributed by atoms with Gasteiger partial charge in [-0.15, -0.1) is 0 Å². The van der Waals surface area contributed by atoms with E-state index in [1.54, 1.807) is 50.4 Å². The van der Waals surface area contributed by atoms with Gasteiger partial charge in [0.1, 0.15) is 18.1 Å². The number of ether oxygens (including phenoxy) is 5. The van der Waals surface area contributed by atoms with Gasteiger partial charge in [0.25, 0.3) is 0 Å². The SMILES string of the molecule is COc1cccc(/C=C2\Oc3c(ccc(OCC(=O)OCc4ccccc4)c3C)C2=O)c1OC. The van der Waals surface area contributed by atoms with Gasteiger partial charge in [0.05, 0.1) is 19.8 Å². The number of ketones is 1. The standard InChI is InChI=1S/C27H24O7/c1-17-21(32-16-24(28)33-15-18-8-5-4-6-9-18)13-12-20-25(29)23(34-26(17)20)14-19-10-7-11-22(30-2)27(19)31-3/h4-14H,15-16H2,1-3H3/b23-14-. The van der Waals surface area contributed by atoms with Crippen LogP contribution in [0.25, 0.3) is 6.08 Å². The van der Waals surface area contributed by atoms with Crippen molar-refractivity contribution in [3.63, 3.8) is 0 Å². The van der Waals surface area contributed by atoms with E-state index in [-0.39, 0.29) is 24.8 Å². The molecular formula is C27H24O7. The first kappa shape index (κ1) is 22.9. The van der Waals surface area contributed by atoms with Gasteiger partial charge in [0.2, 0.25) is 5.78 Å². The van der Waals surface area contributed by atoms with Crippen LogP contribution >= 0.6 is 0 Å². The highest BCUT2D eigenvalue weighted by molar-refractivity contribution is 6.15.